The van der Waals surface area contributed by atoms with Gasteiger partial charge in [-0.1, -0.05) is 24.3 Å². The van der Waals surface area contributed by atoms with E-state index < -0.39 is 0 Å². The molecule has 4 heterocycles. The van der Waals surface area contributed by atoms with E-state index in [2.05, 4.69) is 61.5 Å². The number of aromatic nitrogens is 3. The van der Waals surface area contributed by atoms with Crippen molar-refractivity contribution in [3.63, 3.8) is 0 Å². The van der Waals surface area contributed by atoms with Crippen LogP contribution >= 0.6 is 0 Å². The minimum absolute atomic E-state index is 0.615. The first-order valence-electron chi connectivity index (χ1n) is 9.94. The number of hydrogen-bond acceptors (Lipinski definition) is 6. The Bertz CT molecular complexity index is 924. The van der Waals surface area contributed by atoms with Gasteiger partial charge in [0.25, 0.3) is 0 Å². The van der Waals surface area contributed by atoms with E-state index in [1.807, 2.05) is 18.5 Å². The Balaban J connectivity index is 1.22. The van der Waals surface area contributed by atoms with E-state index in [4.69, 9.17) is 4.98 Å². The van der Waals surface area contributed by atoms with Gasteiger partial charge in [0.05, 0.1) is 24.1 Å². The van der Waals surface area contributed by atoms with Crippen LogP contribution in [0.25, 0.3) is 0 Å². The number of nitrogens with one attached hydrogen (secondary N) is 1. The topological polar surface area (TPSA) is 57.2 Å². The van der Waals surface area contributed by atoms with Gasteiger partial charge >= 0.3 is 0 Å². The standard InChI is InChI=1S/C22H24N6/c1-2-6-18-16-28(15-17(18)5-1)21-9-10-23-22(26-21)25-13-19-7-8-20(14-24-19)27-11-3-4-12-27/h1-2,5-10,14H,3-4,11-13,15-16H2,(H,23,25,26). The Kier molecular flexibility index (Phi) is 4.53. The van der Waals surface area contributed by atoms with Gasteiger partial charge < -0.3 is 15.1 Å². The highest BCUT2D eigenvalue weighted by atomic mass is 15.2. The molecule has 2 aromatic heterocycles. The van der Waals surface area contributed by atoms with Crippen molar-refractivity contribution < 1.29 is 0 Å². The number of hydrogen-bond donors (Lipinski definition) is 1. The highest BCUT2D eigenvalue weighted by Crippen LogP contribution is 2.27. The average molecular weight is 372 g/mol. The number of pyridine rings is 1. The van der Waals surface area contributed by atoms with E-state index in [-0.39, 0.29) is 0 Å². The van der Waals surface area contributed by atoms with Crippen molar-refractivity contribution in [2.75, 3.05) is 28.2 Å². The normalized spacial score (nSPS) is 15.7. The van der Waals surface area contributed by atoms with Crippen molar-refractivity contribution in [1.82, 2.24) is 15.0 Å². The SMILES string of the molecule is c1ccc2c(c1)CN(c1ccnc(NCc3ccc(N4CCCC4)cn3)n1)C2. The van der Waals surface area contributed by atoms with E-state index in [0.717, 1.165) is 37.7 Å². The highest BCUT2D eigenvalue weighted by Gasteiger charge is 2.19. The van der Waals surface area contributed by atoms with Crippen molar-refractivity contribution in [2.24, 2.45) is 0 Å². The highest BCUT2D eigenvalue weighted by molar-refractivity contribution is 5.49. The van der Waals surface area contributed by atoms with Crippen LogP contribution in [0.15, 0.2) is 54.9 Å². The second-order valence-electron chi connectivity index (χ2n) is 7.42. The van der Waals surface area contributed by atoms with Crippen molar-refractivity contribution in [1.29, 1.82) is 0 Å². The smallest absolute Gasteiger partial charge is 0.224 e. The zero-order valence-corrected chi connectivity index (χ0v) is 15.9. The van der Waals surface area contributed by atoms with Gasteiger partial charge in [0.2, 0.25) is 5.95 Å². The van der Waals surface area contributed by atoms with Crippen LogP contribution in [0.1, 0.15) is 29.7 Å². The van der Waals surface area contributed by atoms with Crippen LogP contribution in [0, 0.1) is 0 Å². The lowest BCUT2D eigenvalue weighted by atomic mass is 10.1. The number of fused-ring (bicyclic) bond motifs is 1. The molecule has 5 rings (SSSR count). The van der Waals surface area contributed by atoms with Crippen molar-refractivity contribution in [2.45, 2.75) is 32.5 Å². The molecule has 6 nitrogen and oxygen atoms in total. The molecule has 142 valence electrons. The van der Waals surface area contributed by atoms with Crippen molar-refractivity contribution in [3.8, 4) is 0 Å². The zero-order chi connectivity index (χ0) is 18.8. The Morgan fingerprint density at radius 2 is 1.64 bits per heavy atom. The minimum Gasteiger partial charge on any atom is -0.370 e. The van der Waals surface area contributed by atoms with Crippen LogP contribution in [-0.2, 0) is 19.6 Å². The predicted octanol–water partition coefficient (Wildman–Crippen LogP) is 3.60. The van der Waals surface area contributed by atoms with E-state index in [1.165, 1.54) is 29.7 Å². The fourth-order valence-corrected chi connectivity index (χ4v) is 3.96. The molecule has 0 aliphatic carbocycles. The summed E-state index contributed by atoms with van der Waals surface area (Å²) in [4.78, 5) is 18.3. The summed E-state index contributed by atoms with van der Waals surface area (Å²) in [5.41, 5.74) is 4.95. The summed E-state index contributed by atoms with van der Waals surface area (Å²) in [6.45, 7) is 4.68. The van der Waals surface area contributed by atoms with E-state index in [9.17, 15) is 0 Å². The first-order valence-corrected chi connectivity index (χ1v) is 9.94. The van der Waals surface area contributed by atoms with Crippen LogP contribution in [0.5, 0.6) is 0 Å². The van der Waals surface area contributed by atoms with Gasteiger partial charge in [-0.25, -0.2) is 4.98 Å². The summed E-state index contributed by atoms with van der Waals surface area (Å²) < 4.78 is 0. The van der Waals surface area contributed by atoms with E-state index in [1.54, 1.807) is 0 Å². The van der Waals surface area contributed by atoms with Gasteiger partial charge in [-0.15, -0.1) is 0 Å². The lowest BCUT2D eigenvalue weighted by Crippen LogP contribution is -2.18. The molecule has 2 aliphatic heterocycles. The summed E-state index contributed by atoms with van der Waals surface area (Å²) in [5, 5.41) is 3.31. The molecule has 6 heteroatoms. The fraction of sp³-hybridized carbons (Fsp3) is 0.318. The summed E-state index contributed by atoms with van der Waals surface area (Å²) in [5.74, 6) is 1.59. The van der Waals surface area contributed by atoms with Crippen LogP contribution < -0.4 is 15.1 Å². The Morgan fingerprint density at radius 1 is 0.857 bits per heavy atom. The van der Waals surface area contributed by atoms with Gasteiger partial charge in [0.15, 0.2) is 0 Å². The number of benzene rings is 1. The number of anilines is 3. The predicted molar refractivity (Wildman–Crippen MR) is 111 cm³/mol. The van der Waals surface area contributed by atoms with Gasteiger partial charge in [0, 0.05) is 32.4 Å². The van der Waals surface area contributed by atoms with Crippen LogP contribution in [-0.4, -0.2) is 28.0 Å². The first kappa shape index (κ1) is 17.0. The summed E-state index contributed by atoms with van der Waals surface area (Å²) in [7, 11) is 0. The second-order valence-corrected chi connectivity index (χ2v) is 7.42. The molecule has 1 aromatic carbocycles. The summed E-state index contributed by atoms with van der Waals surface area (Å²) >= 11 is 0. The average Bonchev–Trinajstić information content (AvgIpc) is 3.43. The maximum absolute atomic E-state index is 4.70. The summed E-state index contributed by atoms with van der Waals surface area (Å²) in [6, 6.07) is 14.8. The molecule has 3 aromatic rings. The van der Waals surface area contributed by atoms with Gasteiger partial charge in [-0.3, -0.25) is 4.98 Å². The van der Waals surface area contributed by atoms with Crippen LogP contribution in [0.2, 0.25) is 0 Å². The molecular weight excluding hydrogens is 348 g/mol. The van der Waals surface area contributed by atoms with Gasteiger partial charge in [0.1, 0.15) is 5.82 Å². The molecule has 0 spiro atoms. The zero-order valence-electron chi connectivity index (χ0n) is 15.9. The molecule has 0 radical (unpaired) electrons. The van der Waals surface area contributed by atoms with Gasteiger partial charge in [-0.05, 0) is 42.2 Å². The molecular formula is C22H24N6. The molecule has 0 unspecified atom stereocenters. The molecule has 1 saturated heterocycles. The molecule has 0 atom stereocenters. The van der Waals surface area contributed by atoms with Crippen molar-refractivity contribution >= 4 is 17.5 Å². The second kappa shape index (κ2) is 7.46. The molecule has 0 bridgehead atoms. The first-order chi connectivity index (χ1) is 13.8. The molecule has 28 heavy (non-hydrogen) atoms. The fourth-order valence-electron chi connectivity index (χ4n) is 3.96. The third-order valence-corrected chi connectivity index (χ3v) is 5.51. The lowest BCUT2D eigenvalue weighted by Gasteiger charge is -2.18. The van der Waals surface area contributed by atoms with Gasteiger partial charge in [-0.2, -0.15) is 4.98 Å². The third kappa shape index (κ3) is 3.50. The Morgan fingerprint density at radius 3 is 2.36 bits per heavy atom. The summed E-state index contributed by atoms with van der Waals surface area (Å²) in [6.07, 6.45) is 6.34. The molecule has 0 amide bonds. The molecule has 2 aliphatic rings. The maximum Gasteiger partial charge on any atom is 0.224 e. The Labute approximate surface area is 165 Å². The number of nitrogens with zero attached hydrogens (tertiary/aromatic N) is 5. The largest absolute Gasteiger partial charge is 0.370 e. The van der Waals surface area contributed by atoms with Crippen LogP contribution in [0.3, 0.4) is 0 Å². The maximum atomic E-state index is 4.70. The monoisotopic (exact) mass is 372 g/mol. The quantitative estimate of drug-likeness (QED) is 0.738. The minimum atomic E-state index is 0.615. The van der Waals surface area contributed by atoms with Crippen molar-refractivity contribution in [3.05, 3.63) is 71.7 Å². The Hall–Kier alpha value is -3.15. The number of rotatable bonds is 5. The van der Waals surface area contributed by atoms with E-state index in [0.29, 0.717) is 12.5 Å². The molecule has 1 fully saturated rings. The molecule has 0 saturated carbocycles. The third-order valence-electron chi connectivity index (χ3n) is 5.51. The van der Waals surface area contributed by atoms with E-state index >= 15 is 0 Å². The lowest BCUT2D eigenvalue weighted by molar-refractivity contribution is 0.849. The molecule has 1 N–H and O–H groups in total. The van der Waals surface area contributed by atoms with Crippen LogP contribution in [0.4, 0.5) is 17.5 Å².